The largest absolute Gasteiger partial charge is 0.458 e. The molecule has 3 radical (unpaired) electrons. The van der Waals surface area contributed by atoms with Gasteiger partial charge in [-0.3, -0.25) is 4.79 Å². The first-order valence-electron chi connectivity index (χ1n) is 23.0. The van der Waals surface area contributed by atoms with Crippen LogP contribution in [0.15, 0.2) is 23.3 Å². The summed E-state index contributed by atoms with van der Waals surface area (Å²) in [6, 6.07) is 0. The van der Waals surface area contributed by atoms with Crippen molar-refractivity contribution in [2.75, 3.05) is 21.3 Å². The maximum Gasteiger partial charge on any atom is 0.333 e. The number of aliphatic hydroxyl groups excluding tert-OH is 2. The molecule has 0 amide bonds. The first-order valence-corrected chi connectivity index (χ1v) is 23.0. The topological polar surface area (TPSA) is 187 Å². The van der Waals surface area contributed by atoms with Gasteiger partial charge in [0, 0.05) is 60.9 Å². The molecule has 3 N–H and O–H groups in total. The lowest BCUT2D eigenvalue weighted by atomic mass is 9.45. The minimum absolute atomic E-state index is 0. The number of methoxy groups -OCH3 is 3. The first kappa shape index (κ1) is 53.2. The fraction of sp³-hybridized carbons (Fsp3) is 0.875. The third kappa shape index (κ3) is 9.35. The van der Waals surface area contributed by atoms with E-state index >= 15 is 0 Å². The van der Waals surface area contributed by atoms with Gasteiger partial charge < -0.3 is 62.7 Å². The van der Waals surface area contributed by atoms with Crippen molar-refractivity contribution in [2.24, 2.45) is 28.6 Å². The number of allylic oxidation sites excluding steroid dienone is 2. The molecule has 16 heteroatoms. The Labute approximate surface area is 384 Å². The van der Waals surface area contributed by atoms with Gasteiger partial charge in [0.05, 0.1) is 42.2 Å². The SMILES string of the molecule is C.C/C=C(\C)C(=O)O[C@@H]1CC2C(CC=C3C[C@@H](OC4CC(OC)C(OC5CC(OC)C(OC6OC(C)C(O)C(OC)C6O)C(C)O5)C(C)O4)CC[C@@]32C)[C@@]2(O)CC[C@H](C(C)=O)[C@@]12C.[2HH].[B]. The second-order valence-electron chi connectivity index (χ2n) is 19.8. The van der Waals surface area contributed by atoms with Crippen molar-refractivity contribution < 1.29 is 73.7 Å². The van der Waals surface area contributed by atoms with Crippen LogP contribution >= 0.6 is 0 Å². The third-order valence-corrected chi connectivity index (χ3v) is 16.6. The molecule has 64 heavy (non-hydrogen) atoms. The Bertz CT molecular complexity index is 1690. The quantitative estimate of drug-likeness (QED) is 0.100. The van der Waals surface area contributed by atoms with E-state index in [9.17, 15) is 24.9 Å². The Morgan fingerprint density at radius 3 is 1.98 bits per heavy atom. The molecular weight excluding hydrogens is 827 g/mol. The van der Waals surface area contributed by atoms with Crippen LogP contribution in [0.2, 0.25) is 0 Å². The summed E-state index contributed by atoms with van der Waals surface area (Å²) in [6.45, 7) is 15.0. The summed E-state index contributed by atoms with van der Waals surface area (Å²) in [6.07, 6.45) is 0.173. The van der Waals surface area contributed by atoms with Crippen LogP contribution in [0.5, 0.6) is 0 Å². The average Bonchev–Trinajstić information content (AvgIpc) is 3.53. The molecule has 3 aliphatic heterocycles. The van der Waals surface area contributed by atoms with Gasteiger partial charge >= 0.3 is 5.97 Å². The lowest BCUT2D eigenvalue weighted by molar-refractivity contribution is -0.352. The van der Waals surface area contributed by atoms with Crippen LogP contribution in [-0.2, 0) is 57.0 Å². The van der Waals surface area contributed by atoms with Crippen LogP contribution in [0, 0.1) is 28.6 Å². The maximum absolute atomic E-state index is 13.3. The highest BCUT2D eigenvalue weighted by molar-refractivity contribution is 5.88. The monoisotopic (exact) mass is 909 g/mol. The van der Waals surface area contributed by atoms with Crippen LogP contribution in [-0.4, -0.2) is 155 Å². The van der Waals surface area contributed by atoms with Crippen molar-refractivity contribution >= 4 is 20.2 Å². The van der Waals surface area contributed by atoms with E-state index in [4.69, 9.17) is 47.4 Å². The van der Waals surface area contributed by atoms with Crippen molar-refractivity contribution in [1.82, 2.24) is 0 Å². The number of hydrogen-bond acceptors (Lipinski definition) is 15. The van der Waals surface area contributed by atoms with E-state index in [1.807, 2.05) is 27.7 Å². The predicted molar refractivity (Wildman–Crippen MR) is 238 cm³/mol. The molecule has 3 saturated carbocycles. The summed E-state index contributed by atoms with van der Waals surface area (Å²) in [5, 5.41) is 34.1. The molecule has 365 valence electrons. The van der Waals surface area contributed by atoms with Gasteiger partial charge in [-0.05, 0) is 104 Å². The smallest absolute Gasteiger partial charge is 0.333 e. The molecule has 0 bridgehead atoms. The number of hydrogen-bond donors (Lipinski definition) is 3. The minimum Gasteiger partial charge on any atom is -0.458 e. The summed E-state index contributed by atoms with van der Waals surface area (Å²) < 4.78 is 61.8. The van der Waals surface area contributed by atoms with E-state index in [0.29, 0.717) is 44.1 Å². The fourth-order valence-electron chi connectivity index (χ4n) is 12.8. The number of rotatable bonds is 12. The van der Waals surface area contributed by atoms with Crippen molar-refractivity contribution in [3.05, 3.63) is 23.3 Å². The first-order chi connectivity index (χ1) is 29.3. The molecular formula is C48H80BO15. The average molecular weight is 909 g/mol. The Hall–Kier alpha value is -1.80. The van der Waals surface area contributed by atoms with Gasteiger partial charge in [-0.15, -0.1) is 0 Å². The molecule has 3 heterocycles. The number of esters is 1. The molecule has 0 aromatic rings. The van der Waals surface area contributed by atoms with E-state index in [1.165, 1.54) is 12.7 Å². The van der Waals surface area contributed by atoms with Crippen molar-refractivity contribution in [3.8, 4) is 0 Å². The van der Waals surface area contributed by atoms with Crippen LogP contribution in [0.1, 0.15) is 122 Å². The van der Waals surface area contributed by atoms with Gasteiger partial charge in [-0.25, -0.2) is 4.79 Å². The van der Waals surface area contributed by atoms with E-state index in [0.717, 1.165) is 19.3 Å². The lowest BCUT2D eigenvalue weighted by Crippen LogP contribution is -2.66. The Morgan fingerprint density at radius 2 is 1.41 bits per heavy atom. The molecule has 0 aromatic heterocycles. The van der Waals surface area contributed by atoms with Gasteiger partial charge in [-0.2, -0.15) is 0 Å². The number of carbonyl (C=O) groups excluding carboxylic acids is 2. The molecule has 15 unspecified atom stereocenters. The van der Waals surface area contributed by atoms with E-state index in [2.05, 4.69) is 13.0 Å². The van der Waals surface area contributed by atoms with Crippen LogP contribution < -0.4 is 0 Å². The number of carbonyl (C=O) groups is 2. The highest BCUT2D eigenvalue weighted by Crippen LogP contribution is 2.68. The van der Waals surface area contributed by atoms with E-state index in [1.54, 1.807) is 41.1 Å². The molecule has 0 aromatic carbocycles. The summed E-state index contributed by atoms with van der Waals surface area (Å²) in [5.74, 6) is -0.727. The molecule has 0 spiro atoms. The molecule has 7 rings (SSSR count). The minimum atomic E-state index is -1.22. The van der Waals surface area contributed by atoms with E-state index < -0.39 is 96.9 Å². The Balaban J connectivity index is 0.00000308. The van der Waals surface area contributed by atoms with E-state index in [-0.39, 0.29) is 58.4 Å². The van der Waals surface area contributed by atoms with Crippen molar-refractivity contribution in [1.29, 1.82) is 0 Å². The summed E-state index contributed by atoms with van der Waals surface area (Å²) in [7, 11) is 4.68. The summed E-state index contributed by atoms with van der Waals surface area (Å²) in [5.41, 5.74) is -0.439. The number of ether oxygens (including phenoxy) is 10. The molecule has 6 fully saturated rings. The number of ketones is 1. The van der Waals surface area contributed by atoms with Crippen LogP contribution in [0.4, 0.5) is 0 Å². The normalized spacial score (nSPS) is 48.0. The highest BCUT2D eigenvalue weighted by atomic mass is 16.8. The second kappa shape index (κ2) is 20.8. The Morgan fingerprint density at radius 1 is 0.797 bits per heavy atom. The van der Waals surface area contributed by atoms with Crippen LogP contribution in [0.3, 0.4) is 0 Å². The summed E-state index contributed by atoms with van der Waals surface area (Å²) >= 11 is 0. The maximum atomic E-state index is 13.3. The zero-order valence-corrected chi connectivity index (χ0v) is 39.2. The zero-order valence-electron chi connectivity index (χ0n) is 39.2. The highest BCUT2D eigenvalue weighted by Gasteiger charge is 2.71. The summed E-state index contributed by atoms with van der Waals surface area (Å²) in [4.78, 5) is 26.4. The van der Waals surface area contributed by atoms with Gasteiger partial charge in [0.2, 0.25) is 0 Å². The number of aliphatic hydroxyl groups is 3. The van der Waals surface area contributed by atoms with Crippen molar-refractivity contribution in [2.45, 2.75) is 218 Å². The zero-order chi connectivity index (χ0) is 45.1. The van der Waals surface area contributed by atoms with Crippen LogP contribution in [0.25, 0.3) is 0 Å². The molecule has 7 aliphatic rings. The standard InChI is InChI=1S/C47H74O15.CH4.B.H2/c1-12-23(2)43(51)60-35-20-32-31(47(52)18-16-30(24(3)48)46(35,47)8)14-13-28-19-29(15-17-45(28,32)7)59-36-21-33(53-9)40(26(5)56-36)61-37-22-34(54-10)41(27(6)57-37)62-44-39(50)42(55-11)38(49)25(4)58-44;;;/h12-13,25-27,29-42,44,49-50,52H,14-22H2,1-11H3;1H4;;1H/b23-12+;;;/t25?,26?,27?,29-,30+,31?,32?,33?,34?,35+,36?,37?,38?,39?,40?,41?,42?,44?,45-,46-,47-;;;/m0.../s1/i;;;1+1. The second-order valence-corrected chi connectivity index (χ2v) is 19.8. The van der Waals surface area contributed by atoms with Gasteiger partial charge in [-0.1, -0.05) is 39.0 Å². The molecule has 21 atom stereocenters. The van der Waals surface area contributed by atoms with Gasteiger partial charge in [0.15, 0.2) is 18.9 Å². The Kier molecular flexibility index (Phi) is 17.3. The molecule has 3 saturated heterocycles. The fourth-order valence-corrected chi connectivity index (χ4v) is 12.8. The number of Topliss-reactive ketones (excluding diaryl/α,β-unsaturated/α-hetero) is 1. The van der Waals surface area contributed by atoms with Gasteiger partial charge in [0.1, 0.15) is 42.4 Å². The van der Waals surface area contributed by atoms with Gasteiger partial charge in [0.25, 0.3) is 0 Å². The predicted octanol–water partition coefficient (Wildman–Crippen LogP) is 5.20. The number of fused-ring (bicyclic) bond motifs is 5. The molecule has 15 nitrogen and oxygen atoms in total. The van der Waals surface area contributed by atoms with Crippen molar-refractivity contribution in [3.63, 3.8) is 0 Å². The third-order valence-electron chi connectivity index (χ3n) is 16.6. The molecule has 4 aliphatic carbocycles. The lowest BCUT2D eigenvalue weighted by Gasteiger charge is -2.63.